The summed E-state index contributed by atoms with van der Waals surface area (Å²) in [5.41, 5.74) is 2.66. The lowest BCUT2D eigenvalue weighted by Gasteiger charge is -2.31. The minimum absolute atomic E-state index is 0.248. The maximum absolute atomic E-state index is 10.9. The molecule has 142 valence electrons. The van der Waals surface area contributed by atoms with Gasteiger partial charge in [-0.2, -0.15) is 0 Å². The number of benzene rings is 1. The first-order chi connectivity index (χ1) is 13.2. The highest BCUT2D eigenvalue weighted by Gasteiger charge is 2.38. The summed E-state index contributed by atoms with van der Waals surface area (Å²) in [6, 6.07) is 14.9. The van der Waals surface area contributed by atoms with Crippen molar-refractivity contribution in [3.05, 3.63) is 65.5 Å². The van der Waals surface area contributed by atoms with Gasteiger partial charge in [-0.3, -0.25) is 9.88 Å². The Morgan fingerprint density at radius 2 is 1.93 bits per heavy atom. The van der Waals surface area contributed by atoms with Gasteiger partial charge in [-0.05, 0) is 62.5 Å². The summed E-state index contributed by atoms with van der Waals surface area (Å²) >= 11 is 0. The molecular weight excluding hydrogens is 338 g/mol. The van der Waals surface area contributed by atoms with E-state index in [0.29, 0.717) is 12.0 Å². The molecule has 1 aliphatic heterocycles. The number of carbonyl (C=O) groups is 1. The Morgan fingerprint density at radius 3 is 2.59 bits per heavy atom. The zero-order valence-corrected chi connectivity index (χ0v) is 15.6. The summed E-state index contributed by atoms with van der Waals surface area (Å²) in [5, 5.41) is 12.7. The molecule has 5 heteroatoms. The highest BCUT2D eigenvalue weighted by atomic mass is 16.4. The van der Waals surface area contributed by atoms with Crippen LogP contribution in [-0.4, -0.2) is 46.6 Å². The van der Waals surface area contributed by atoms with Crippen LogP contribution in [0.25, 0.3) is 0 Å². The maximum atomic E-state index is 10.9. The summed E-state index contributed by atoms with van der Waals surface area (Å²) < 4.78 is 0. The third-order valence-electron chi connectivity index (χ3n) is 5.85. The van der Waals surface area contributed by atoms with Crippen molar-refractivity contribution in [3.8, 4) is 0 Å². The van der Waals surface area contributed by atoms with Gasteiger partial charge in [0.15, 0.2) is 0 Å². The average Bonchev–Trinajstić information content (AvgIpc) is 3.48. The lowest BCUT2D eigenvalue weighted by Crippen LogP contribution is -2.37. The quantitative estimate of drug-likeness (QED) is 0.789. The van der Waals surface area contributed by atoms with Crippen LogP contribution in [0.3, 0.4) is 0 Å². The molecular formula is C22H27N3O2. The number of likely N-dealkylation sites (tertiary alicyclic amines) is 1. The van der Waals surface area contributed by atoms with E-state index in [0.717, 1.165) is 37.8 Å². The maximum Gasteiger partial charge on any atom is 0.337 e. The molecule has 1 aliphatic carbocycles. The first-order valence-corrected chi connectivity index (χ1v) is 9.88. The summed E-state index contributed by atoms with van der Waals surface area (Å²) in [6.45, 7) is 4.09. The number of rotatable bonds is 7. The number of carboxylic acid groups (broad SMARTS) is 1. The minimum atomic E-state index is -0.924. The molecule has 2 aromatic rings. The van der Waals surface area contributed by atoms with Crippen molar-refractivity contribution in [2.24, 2.45) is 5.92 Å². The molecule has 1 aromatic carbocycles. The fourth-order valence-electron chi connectivity index (χ4n) is 4.03. The third-order valence-corrected chi connectivity index (χ3v) is 5.85. The van der Waals surface area contributed by atoms with Crippen LogP contribution in [0, 0.1) is 5.92 Å². The molecule has 2 N–H and O–H groups in total. The van der Waals surface area contributed by atoms with E-state index in [4.69, 9.17) is 5.11 Å². The van der Waals surface area contributed by atoms with E-state index in [1.54, 1.807) is 6.07 Å². The Labute approximate surface area is 160 Å². The molecule has 0 bridgehead atoms. The van der Waals surface area contributed by atoms with Gasteiger partial charge in [0, 0.05) is 24.7 Å². The number of pyridine rings is 1. The number of hydrogen-bond acceptors (Lipinski definition) is 4. The second-order valence-electron chi connectivity index (χ2n) is 7.83. The van der Waals surface area contributed by atoms with Gasteiger partial charge < -0.3 is 10.4 Å². The molecule has 1 saturated carbocycles. The molecule has 0 spiro atoms. The van der Waals surface area contributed by atoms with E-state index < -0.39 is 5.97 Å². The smallest absolute Gasteiger partial charge is 0.337 e. The molecule has 5 nitrogen and oxygen atoms in total. The van der Waals surface area contributed by atoms with E-state index in [1.165, 1.54) is 31.0 Å². The number of hydrogen-bond donors (Lipinski definition) is 2. The first-order valence-electron chi connectivity index (χ1n) is 9.88. The van der Waals surface area contributed by atoms with Crippen LogP contribution in [0.2, 0.25) is 0 Å². The van der Waals surface area contributed by atoms with Crippen LogP contribution >= 0.6 is 0 Å². The Kier molecular flexibility index (Phi) is 5.50. The number of piperidine rings is 1. The van der Waals surface area contributed by atoms with Crippen molar-refractivity contribution in [2.75, 3.05) is 19.6 Å². The topological polar surface area (TPSA) is 65.5 Å². The van der Waals surface area contributed by atoms with Gasteiger partial charge in [-0.25, -0.2) is 4.79 Å². The molecule has 0 amide bonds. The molecule has 27 heavy (non-hydrogen) atoms. The van der Waals surface area contributed by atoms with Gasteiger partial charge in [0.05, 0.1) is 11.3 Å². The predicted octanol–water partition coefficient (Wildman–Crippen LogP) is 3.14. The van der Waals surface area contributed by atoms with Gasteiger partial charge in [0.25, 0.3) is 0 Å². The Balaban J connectivity index is 1.17. The number of aromatic carboxylic acids is 1. The van der Waals surface area contributed by atoms with Crippen molar-refractivity contribution in [2.45, 2.75) is 37.8 Å². The Hall–Kier alpha value is -2.24. The largest absolute Gasteiger partial charge is 0.478 e. The Morgan fingerprint density at radius 1 is 1.15 bits per heavy atom. The second kappa shape index (κ2) is 8.19. The molecule has 2 fully saturated rings. The minimum Gasteiger partial charge on any atom is -0.478 e. The van der Waals surface area contributed by atoms with E-state index in [9.17, 15) is 4.79 Å². The lowest BCUT2D eigenvalue weighted by atomic mass is 9.96. The molecule has 2 heterocycles. The standard InChI is InChI=1S/C22H27N3O2/c26-22(27)18-6-7-19(23-14-18)15-25-10-8-16(9-11-25)13-24-21-12-20(21)17-4-2-1-3-5-17/h1-7,14,16,20-21,24H,8-13,15H2,(H,26,27)/t20?,21-/m0/s1. The zero-order valence-electron chi connectivity index (χ0n) is 15.6. The van der Waals surface area contributed by atoms with Crippen LogP contribution in [0.15, 0.2) is 48.7 Å². The zero-order chi connectivity index (χ0) is 18.6. The summed E-state index contributed by atoms with van der Waals surface area (Å²) in [5.74, 6) is 0.527. The Bertz CT molecular complexity index is 755. The molecule has 1 saturated heterocycles. The van der Waals surface area contributed by atoms with Gasteiger partial charge in [0.1, 0.15) is 0 Å². The number of nitrogens with zero attached hydrogens (tertiary/aromatic N) is 2. The predicted molar refractivity (Wildman–Crippen MR) is 105 cm³/mol. The van der Waals surface area contributed by atoms with Gasteiger partial charge >= 0.3 is 5.97 Å². The van der Waals surface area contributed by atoms with Crippen molar-refractivity contribution < 1.29 is 9.90 Å². The van der Waals surface area contributed by atoms with Crippen molar-refractivity contribution >= 4 is 5.97 Å². The van der Waals surface area contributed by atoms with Gasteiger partial charge in [-0.15, -0.1) is 0 Å². The van der Waals surface area contributed by atoms with Crippen LogP contribution in [0.5, 0.6) is 0 Å². The third kappa shape index (κ3) is 4.73. The van der Waals surface area contributed by atoms with Crippen molar-refractivity contribution in [1.82, 2.24) is 15.2 Å². The summed E-state index contributed by atoms with van der Waals surface area (Å²) in [7, 11) is 0. The van der Waals surface area contributed by atoms with E-state index in [2.05, 4.69) is 45.5 Å². The molecule has 1 aromatic heterocycles. The fraction of sp³-hybridized carbons (Fsp3) is 0.455. The van der Waals surface area contributed by atoms with Crippen molar-refractivity contribution in [3.63, 3.8) is 0 Å². The molecule has 4 rings (SSSR count). The second-order valence-corrected chi connectivity index (χ2v) is 7.83. The molecule has 0 radical (unpaired) electrons. The van der Waals surface area contributed by atoms with E-state index >= 15 is 0 Å². The average molecular weight is 365 g/mol. The highest BCUT2D eigenvalue weighted by Crippen LogP contribution is 2.40. The summed E-state index contributed by atoms with van der Waals surface area (Å²) in [4.78, 5) is 17.6. The number of aromatic nitrogens is 1. The van der Waals surface area contributed by atoms with Gasteiger partial charge in [0.2, 0.25) is 0 Å². The lowest BCUT2D eigenvalue weighted by molar-refractivity contribution is 0.0696. The normalized spacial score (nSPS) is 23.3. The number of nitrogens with one attached hydrogen (secondary N) is 1. The van der Waals surface area contributed by atoms with E-state index in [1.807, 2.05) is 6.07 Å². The molecule has 2 aliphatic rings. The van der Waals surface area contributed by atoms with Gasteiger partial charge in [-0.1, -0.05) is 30.3 Å². The monoisotopic (exact) mass is 365 g/mol. The molecule has 2 atom stereocenters. The van der Waals surface area contributed by atoms with E-state index in [-0.39, 0.29) is 5.56 Å². The fourth-order valence-corrected chi connectivity index (χ4v) is 4.03. The van der Waals surface area contributed by atoms with Crippen LogP contribution < -0.4 is 5.32 Å². The highest BCUT2D eigenvalue weighted by molar-refractivity contribution is 5.87. The number of carboxylic acids is 1. The van der Waals surface area contributed by atoms with Crippen LogP contribution in [0.4, 0.5) is 0 Å². The summed E-state index contributed by atoms with van der Waals surface area (Å²) in [6.07, 6.45) is 5.14. The molecule has 1 unspecified atom stereocenters. The van der Waals surface area contributed by atoms with Crippen LogP contribution in [-0.2, 0) is 6.54 Å². The SMILES string of the molecule is O=C(O)c1ccc(CN2CCC(CN[C@H]3CC3c3ccccc3)CC2)nc1. The first kappa shape index (κ1) is 18.1. The van der Waals surface area contributed by atoms with Crippen molar-refractivity contribution in [1.29, 1.82) is 0 Å². The van der Waals surface area contributed by atoms with Crippen LogP contribution in [0.1, 0.15) is 46.8 Å².